The topological polar surface area (TPSA) is 201 Å². The molecule has 12 nitrogen and oxygen atoms in total. The molecule has 278 valence electrons. The van der Waals surface area contributed by atoms with Gasteiger partial charge in [-0.15, -0.1) is 35.4 Å². The molecule has 6 aromatic rings. The Morgan fingerprint density at radius 1 is 0.473 bits per heavy atom. The third-order valence-corrected chi connectivity index (χ3v) is 7.27. The summed E-state index contributed by atoms with van der Waals surface area (Å²) in [5, 5.41) is 36.6. The smallest absolute Gasteiger partial charge is 0.519 e. The molecular formula is C36H16F6IrN4O8+. The number of carbonyl (C=O) groups is 4. The van der Waals surface area contributed by atoms with Crippen LogP contribution in [-0.2, 0) is 20.1 Å². The number of pyridine rings is 4. The Hall–Kier alpha value is -6.85. The van der Waals surface area contributed by atoms with Crippen LogP contribution in [0.25, 0.3) is 44.5 Å². The van der Waals surface area contributed by atoms with Crippen LogP contribution in [0.2, 0.25) is 0 Å². The molecule has 55 heavy (non-hydrogen) atoms. The summed E-state index contributed by atoms with van der Waals surface area (Å²) >= 11 is 0. The van der Waals surface area contributed by atoms with Gasteiger partial charge in [-0.05, 0) is 35.7 Å². The van der Waals surface area contributed by atoms with E-state index in [0.717, 1.165) is 24.8 Å². The summed E-state index contributed by atoms with van der Waals surface area (Å²) in [5.74, 6) is -15.8. The molecule has 19 heteroatoms. The Labute approximate surface area is 316 Å². The van der Waals surface area contributed by atoms with E-state index in [0.29, 0.717) is 12.1 Å². The molecule has 4 heterocycles. The van der Waals surface area contributed by atoms with Crippen LogP contribution in [0.4, 0.5) is 26.3 Å². The standard InChI is InChI=1S/2C18H8F3N2O4.Ir/c2*19-11-7-10(8-3-5-22-12(6-8)17(24)25)13(15(21)14(11)20)9-2-1-4-23-16(9)18(26)27;/h2*1-5,7H,(H,24,25)(H,26,27);/q2*-1;+3. The normalized spacial score (nSPS) is 10.4. The first kappa shape index (κ1) is 40.9. The first-order valence-electron chi connectivity index (χ1n) is 14.6. The Balaban J connectivity index is 0.000000240. The average molecular weight is 939 g/mol. The number of benzene rings is 2. The van der Waals surface area contributed by atoms with Crippen LogP contribution in [0, 0.1) is 47.0 Å². The quantitative estimate of drug-likeness (QED) is 0.0704. The van der Waals surface area contributed by atoms with Gasteiger partial charge in [-0.1, -0.05) is 35.4 Å². The van der Waals surface area contributed by atoms with Crippen molar-refractivity contribution >= 4 is 23.9 Å². The maximum Gasteiger partial charge on any atom is 3.00 e. The maximum absolute atomic E-state index is 14.6. The van der Waals surface area contributed by atoms with Crippen molar-refractivity contribution < 1.29 is 86.1 Å². The zero-order chi connectivity index (χ0) is 39.4. The number of halogens is 6. The van der Waals surface area contributed by atoms with Gasteiger partial charge in [-0.25, -0.2) is 45.9 Å². The maximum atomic E-state index is 14.6. The van der Waals surface area contributed by atoms with Crippen LogP contribution in [-0.4, -0.2) is 64.2 Å². The van der Waals surface area contributed by atoms with Crippen LogP contribution >= 0.6 is 0 Å². The van der Waals surface area contributed by atoms with E-state index >= 15 is 0 Å². The SMILES string of the molecule is O=C(O)c1[c-]c(-c2cc(F)c(F)c(F)c2-c2cccnc2C(=O)O)ccn1.O=C(O)c1[c-]c(-c2cc(F)c(F)c(F)c2-c2cccnc2C(=O)O)ccn1.[Ir+3]. The van der Waals surface area contributed by atoms with Gasteiger partial charge < -0.3 is 30.0 Å². The van der Waals surface area contributed by atoms with Gasteiger partial charge in [0.15, 0.2) is 46.3 Å². The minimum atomic E-state index is -1.80. The van der Waals surface area contributed by atoms with E-state index < -0.39 is 92.7 Å². The van der Waals surface area contributed by atoms with Gasteiger partial charge in [-0.3, -0.25) is 9.97 Å². The van der Waals surface area contributed by atoms with Crippen molar-refractivity contribution in [1.82, 2.24) is 19.9 Å². The average Bonchev–Trinajstić information content (AvgIpc) is 3.16. The summed E-state index contributed by atoms with van der Waals surface area (Å²) < 4.78 is 84.7. The number of rotatable bonds is 8. The van der Waals surface area contributed by atoms with Crippen molar-refractivity contribution in [2.75, 3.05) is 0 Å². The van der Waals surface area contributed by atoms with Crippen molar-refractivity contribution in [3.63, 3.8) is 0 Å². The van der Waals surface area contributed by atoms with Gasteiger partial charge in [0.2, 0.25) is 0 Å². The van der Waals surface area contributed by atoms with Crippen LogP contribution in [0.1, 0.15) is 42.0 Å². The van der Waals surface area contributed by atoms with Crippen molar-refractivity contribution in [1.29, 1.82) is 0 Å². The monoisotopic (exact) mass is 939 g/mol. The molecular weight excluding hydrogens is 923 g/mol. The molecule has 2 aromatic carbocycles. The fraction of sp³-hybridized carbons (Fsp3) is 0. The number of carboxylic acid groups (broad SMARTS) is 4. The molecule has 4 N–H and O–H groups in total. The van der Waals surface area contributed by atoms with Crippen LogP contribution in [0.15, 0.2) is 73.3 Å². The van der Waals surface area contributed by atoms with E-state index in [4.69, 9.17) is 10.2 Å². The molecule has 0 radical (unpaired) electrons. The first-order valence-corrected chi connectivity index (χ1v) is 14.6. The van der Waals surface area contributed by atoms with Crippen LogP contribution in [0.5, 0.6) is 0 Å². The largest absolute Gasteiger partial charge is 3.00 e. The Morgan fingerprint density at radius 3 is 1.16 bits per heavy atom. The predicted octanol–water partition coefficient (Wildman–Crippen LogP) is 6.85. The van der Waals surface area contributed by atoms with Gasteiger partial charge in [-0.2, -0.15) is 0 Å². The van der Waals surface area contributed by atoms with Crippen LogP contribution < -0.4 is 0 Å². The third kappa shape index (κ3) is 8.37. The summed E-state index contributed by atoms with van der Waals surface area (Å²) in [6.07, 6.45) is 4.43. The van der Waals surface area contributed by atoms with Crippen molar-refractivity contribution in [3.8, 4) is 44.5 Å². The summed E-state index contributed by atoms with van der Waals surface area (Å²) in [4.78, 5) is 59.3. The molecule has 6 rings (SSSR count). The zero-order valence-corrected chi connectivity index (χ0v) is 29.1. The fourth-order valence-corrected chi connectivity index (χ4v) is 5.00. The van der Waals surface area contributed by atoms with E-state index in [2.05, 4.69) is 32.1 Å². The van der Waals surface area contributed by atoms with Gasteiger partial charge in [0.1, 0.15) is 0 Å². The number of hydrogen-bond acceptors (Lipinski definition) is 8. The molecule has 0 fully saturated rings. The van der Waals surface area contributed by atoms with E-state index in [1.165, 1.54) is 36.4 Å². The Morgan fingerprint density at radius 2 is 0.836 bits per heavy atom. The minimum absolute atomic E-state index is 0. The van der Waals surface area contributed by atoms with Gasteiger partial charge in [0, 0.05) is 23.5 Å². The summed E-state index contributed by atoms with van der Waals surface area (Å²) in [6.45, 7) is 0. The van der Waals surface area contributed by atoms with Crippen molar-refractivity contribution in [2.45, 2.75) is 0 Å². The fourth-order valence-electron chi connectivity index (χ4n) is 5.00. The Kier molecular flexibility index (Phi) is 12.5. The molecule has 0 aliphatic rings. The molecule has 0 aliphatic heterocycles. The number of nitrogens with zero attached hydrogens (tertiary/aromatic N) is 4. The molecule has 0 saturated carbocycles. The molecule has 0 unspecified atom stereocenters. The molecule has 0 atom stereocenters. The van der Waals surface area contributed by atoms with E-state index in [1.54, 1.807) is 0 Å². The summed E-state index contributed by atoms with van der Waals surface area (Å²) in [7, 11) is 0. The predicted molar refractivity (Wildman–Crippen MR) is 171 cm³/mol. The number of hydrogen-bond donors (Lipinski definition) is 4. The second-order valence-electron chi connectivity index (χ2n) is 10.5. The summed E-state index contributed by atoms with van der Waals surface area (Å²) in [6, 6.07) is 13.3. The minimum Gasteiger partial charge on any atom is -0.519 e. The molecule has 0 spiro atoms. The third-order valence-electron chi connectivity index (χ3n) is 7.27. The first-order chi connectivity index (χ1) is 25.6. The number of carboxylic acids is 4. The molecule has 0 saturated heterocycles. The molecule has 0 amide bonds. The Bertz CT molecular complexity index is 2350. The molecule has 0 aliphatic carbocycles. The summed E-state index contributed by atoms with van der Waals surface area (Å²) in [5.41, 5.74) is -4.86. The molecule has 0 bridgehead atoms. The van der Waals surface area contributed by atoms with Crippen LogP contribution in [0.3, 0.4) is 0 Å². The zero-order valence-electron chi connectivity index (χ0n) is 26.7. The second kappa shape index (κ2) is 16.9. The van der Waals surface area contributed by atoms with E-state index in [-0.39, 0.29) is 53.5 Å². The van der Waals surface area contributed by atoms with Gasteiger partial charge in [0.25, 0.3) is 11.9 Å². The van der Waals surface area contributed by atoms with Crippen molar-refractivity contribution in [3.05, 3.63) is 143 Å². The number of aromatic nitrogens is 4. The van der Waals surface area contributed by atoms with E-state index in [9.17, 15) is 55.7 Å². The van der Waals surface area contributed by atoms with Gasteiger partial charge in [0.05, 0.1) is 11.4 Å². The van der Waals surface area contributed by atoms with Gasteiger partial charge >= 0.3 is 32.0 Å². The number of aromatic carboxylic acids is 4. The second-order valence-corrected chi connectivity index (χ2v) is 10.5. The van der Waals surface area contributed by atoms with Crippen molar-refractivity contribution in [2.24, 2.45) is 0 Å². The van der Waals surface area contributed by atoms with E-state index in [1.807, 2.05) is 0 Å². The molecule has 4 aromatic heterocycles.